The molecule has 0 saturated heterocycles. The van der Waals surface area contributed by atoms with Crippen LogP contribution in [0.2, 0.25) is 5.15 Å². The number of aromatic nitrogens is 3. The largest absolute Gasteiger partial charge is 0.497 e. The smallest absolute Gasteiger partial charge is 0.217 e. The maximum atomic E-state index is 6.01. The zero-order valence-corrected chi connectivity index (χ0v) is 18.5. The van der Waals surface area contributed by atoms with Gasteiger partial charge in [-0.1, -0.05) is 23.7 Å². The van der Waals surface area contributed by atoms with Crippen molar-refractivity contribution in [2.75, 3.05) is 7.11 Å². The zero-order valence-electron chi connectivity index (χ0n) is 16.1. The molecular formula is C21H18ClN3O2S2. The Morgan fingerprint density at radius 2 is 1.83 bits per heavy atom. The first-order chi connectivity index (χ1) is 14.0. The number of methoxy groups -OCH3 is 1. The fraction of sp³-hybridized carbons (Fsp3) is 0.190. The van der Waals surface area contributed by atoms with Crippen LogP contribution in [0.3, 0.4) is 0 Å². The number of hydrogen-bond donors (Lipinski definition) is 0. The molecule has 0 spiro atoms. The maximum Gasteiger partial charge on any atom is 0.217 e. The molecule has 3 aromatic heterocycles. The van der Waals surface area contributed by atoms with Crippen LogP contribution in [0.25, 0.3) is 22.1 Å². The highest BCUT2D eigenvalue weighted by Gasteiger charge is 2.15. The van der Waals surface area contributed by atoms with Gasteiger partial charge in [0.25, 0.3) is 0 Å². The van der Waals surface area contributed by atoms with Gasteiger partial charge in [0.2, 0.25) is 5.88 Å². The number of aryl methyl sites for hydroxylation is 2. The van der Waals surface area contributed by atoms with Crippen molar-refractivity contribution >= 4 is 34.3 Å². The summed E-state index contributed by atoms with van der Waals surface area (Å²) in [5.41, 5.74) is 2.91. The van der Waals surface area contributed by atoms with Gasteiger partial charge in [-0.05, 0) is 37.6 Å². The van der Waals surface area contributed by atoms with Gasteiger partial charge in [-0.25, -0.2) is 9.97 Å². The lowest BCUT2D eigenvalue weighted by Gasteiger charge is -2.09. The monoisotopic (exact) mass is 443 g/mol. The number of halogens is 1. The Hall–Kier alpha value is -2.48. The molecule has 148 valence electrons. The van der Waals surface area contributed by atoms with Crippen LogP contribution in [-0.2, 0) is 6.61 Å². The number of thiazole rings is 1. The predicted molar refractivity (Wildman–Crippen MR) is 118 cm³/mol. The van der Waals surface area contributed by atoms with Crippen LogP contribution in [0.1, 0.15) is 15.3 Å². The van der Waals surface area contributed by atoms with Gasteiger partial charge in [-0.3, -0.25) is 0 Å². The molecule has 8 heteroatoms. The molecule has 0 atom stereocenters. The van der Waals surface area contributed by atoms with E-state index in [1.807, 2.05) is 30.3 Å². The maximum absolute atomic E-state index is 6.01. The highest BCUT2D eigenvalue weighted by Crippen LogP contribution is 2.33. The topological polar surface area (TPSA) is 57.1 Å². The Balaban J connectivity index is 1.68. The molecule has 4 aromatic rings. The van der Waals surface area contributed by atoms with Crippen molar-refractivity contribution in [2.24, 2.45) is 0 Å². The summed E-state index contributed by atoms with van der Waals surface area (Å²) in [5, 5.41) is 2.86. The Morgan fingerprint density at radius 1 is 1.03 bits per heavy atom. The number of benzene rings is 1. The Labute approximate surface area is 182 Å². The van der Waals surface area contributed by atoms with E-state index in [0.717, 1.165) is 22.6 Å². The van der Waals surface area contributed by atoms with Crippen LogP contribution < -0.4 is 9.47 Å². The molecule has 0 aliphatic heterocycles. The van der Waals surface area contributed by atoms with Gasteiger partial charge in [-0.15, -0.1) is 22.7 Å². The molecule has 0 N–H and O–H groups in total. The molecule has 0 bridgehead atoms. The van der Waals surface area contributed by atoms with Crippen molar-refractivity contribution < 1.29 is 9.47 Å². The highest BCUT2D eigenvalue weighted by molar-refractivity contribution is 7.13. The van der Waals surface area contributed by atoms with E-state index in [1.54, 1.807) is 23.8 Å². The molecule has 0 amide bonds. The summed E-state index contributed by atoms with van der Waals surface area (Å²) in [5.74, 6) is 1.81. The van der Waals surface area contributed by atoms with E-state index in [2.05, 4.69) is 29.9 Å². The van der Waals surface area contributed by atoms with Gasteiger partial charge in [0.15, 0.2) is 10.8 Å². The molecule has 0 fully saturated rings. The third-order valence-electron chi connectivity index (χ3n) is 4.23. The first-order valence-electron chi connectivity index (χ1n) is 8.85. The molecule has 0 aliphatic carbocycles. The summed E-state index contributed by atoms with van der Waals surface area (Å²) in [6.45, 7) is 4.57. The Bertz CT molecular complexity index is 1140. The minimum atomic E-state index is 0.389. The Kier molecular flexibility index (Phi) is 5.80. The van der Waals surface area contributed by atoms with Gasteiger partial charge in [0.1, 0.15) is 17.5 Å². The zero-order chi connectivity index (χ0) is 20.4. The summed E-state index contributed by atoms with van der Waals surface area (Å²) >= 11 is 9.16. The summed E-state index contributed by atoms with van der Waals surface area (Å²) in [6.07, 6.45) is 0. The number of thiophene rings is 1. The van der Waals surface area contributed by atoms with E-state index in [1.165, 1.54) is 21.1 Å². The van der Waals surface area contributed by atoms with Crippen molar-refractivity contribution in [3.8, 4) is 33.7 Å². The van der Waals surface area contributed by atoms with E-state index in [9.17, 15) is 0 Å². The van der Waals surface area contributed by atoms with Gasteiger partial charge in [0.05, 0.1) is 12.8 Å². The van der Waals surface area contributed by atoms with Gasteiger partial charge < -0.3 is 9.47 Å². The second-order valence-corrected chi connectivity index (χ2v) is 9.06. The molecular weight excluding hydrogens is 426 g/mol. The molecule has 0 unspecified atom stereocenters. The van der Waals surface area contributed by atoms with Crippen LogP contribution in [-0.4, -0.2) is 22.1 Å². The molecule has 3 heterocycles. The lowest BCUT2D eigenvalue weighted by atomic mass is 10.1. The lowest BCUT2D eigenvalue weighted by molar-refractivity contribution is 0.293. The fourth-order valence-electron chi connectivity index (χ4n) is 2.85. The standard InChI is InChI=1S/C21H18ClN3O2S2/c1-12-8-16(13(2)29-12)17-9-19(25-20(23-17)21-24-18(22)11-28-21)27-10-14-4-6-15(26-3)7-5-14/h4-9,11H,10H2,1-3H3. The normalized spacial score (nSPS) is 10.9. The van der Waals surface area contributed by atoms with E-state index in [0.29, 0.717) is 28.5 Å². The quantitative estimate of drug-likeness (QED) is 0.355. The summed E-state index contributed by atoms with van der Waals surface area (Å²) in [7, 11) is 1.65. The molecule has 0 aliphatic rings. The summed E-state index contributed by atoms with van der Waals surface area (Å²) < 4.78 is 11.2. The second kappa shape index (κ2) is 8.49. The average molecular weight is 444 g/mol. The van der Waals surface area contributed by atoms with Crippen molar-refractivity contribution in [3.63, 3.8) is 0 Å². The van der Waals surface area contributed by atoms with Gasteiger partial charge >= 0.3 is 0 Å². The first kappa shape index (κ1) is 19.8. The third kappa shape index (κ3) is 4.58. The molecule has 5 nitrogen and oxygen atoms in total. The molecule has 0 radical (unpaired) electrons. The SMILES string of the molecule is COc1ccc(COc2cc(-c3cc(C)sc3C)nc(-c3nc(Cl)cs3)n2)cc1. The highest BCUT2D eigenvalue weighted by atomic mass is 35.5. The Morgan fingerprint density at radius 3 is 2.45 bits per heavy atom. The summed E-state index contributed by atoms with van der Waals surface area (Å²) in [4.78, 5) is 16.0. The van der Waals surface area contributed by atoms with Crippen LogP contribution in [0.5, 0.6) is 11.6 Å². The van der Waals surface area contributed by atoms with E-state index in [-0.39, 0.29) is 0 Å². The van der Waals surface area contributed by atoms with Crippen molar-refractivity contribution in [2.45, 2.75) is 20.5 Å². The van der Waals surface area contributed by atoms with Crippen LogP contribution in [0.4, 0.5) is 0 Å². The van der Waals surface area contributed by atoms with E-state index < -0.39 is 0 Å². The molecule has 29 heavy (non-hydrogen) atoms. The predicted octanol–water partition coefficient (Wildman–Crippen LogP) is 6.19. The van der Waals surface area contributed by atoms with Crippen molar-refractivity contribution in [1.82, 2.24) is 15.0 Å². The van der Waals surface area contributed by atoms with Crippen molar-refractivity contribution in [1.29, 1.82) is 0 Å². The molecule has 1 aromatic carbocycles. The lowest BCUT2D eigenvalue weighted by Crippen LogP contribution is -2.01. The third-order valence-corrected chi connectivity index (χ3v) is 6.36. The molecule has 4 rings (SSSR count). The van der Waals surface area contributed by atoms with Crippen LogP contribution >= 0.6 is 34.3 Å². The minimum absolute atomic E-state index is 0.389. The number of nitrogens with zero attached hydrogens (tertiary/aromatic N) is 3. The average Bonchev–Trinajstić information content (AvgIpc) is 3.31. The van der Waals surface area contributed by atoms with Gasteiger partial charge in [0, 0.05) is 26.8 Å². The number of ether oxygens (including phenoxy) is 2. The van der Waals surface area contributed by atoms with Crippen molar-refractivity contribution in [3.05, 3.63) is 62.2 Å². The minimum Gasteiger partial charge on any atom is -0.497 e. The first-order valence-corrected chi connectivity index (χ1v) is 10.9. The number of hydrogen-bond acceptors (Lipinski definition) is 7. The second-order valence-electron chi connectivity index (χ2n) is 6.35. The molecule has 0 saturated carbocycles. The van der Waals surface area contributed by atoms with E-state index >= 15 is 0 Å². The number of rotatable bonds is 6. The fourth-order valence-corrected chi connectivity index (χ4v) is 4.66. The summed E-state index contributed by atoms with van der Waals surface area (Å²) in [6, 6.07) is 11.8. The van der Waals surface area contributed by atoms with Crippen LogP contribution in [0.15, 0.2) is 41.8 Å². The van der Waals surface area contributed by atoms with Crippen LogP contribution in [0, 0.1) is 13.8 Å². The van der Waals surface area contributed by atoms with Gasteiger partial charge in [-0.2, -0.15) is 4.98 Å². The van der Waals surface area contributed by atoms with E-state index in [4.69, 9.17) is 26.1 Å².